The highest BCUT2D eigenvalue weighted by atomic mass is 28.3. The molecular weight excluding hydrogens is 423 g/mol. The monoisotopic (exact) mass is 451 g/mol. The molecule has 32 heavy (non-hydrogen) atoms. The minimum atomic E-state index is -0.846. The van der Waals surface area contributed by atoms with Gasteiger partial charge in [0.05, 0.1) is 27.0 Å². The third-order valence-corrected chi connectivity index (χ3v) is 9.42. The largest absolute Gasteiger partial charge is 0.394 e. The molecule has 1 aliphatic heterocycles. The van der Waals surface area contributed by atoms with Gasteiger partial charge in [-0.3, -0.25) is 0 Å². The summed E-state index contributed by atoms with van der Waals surface area (Å²) < 4.78 is 16.5. The Labute approximate surface area is 189 Å². The number of rotatable bonds is 7. The SMILES string of the molecule is C[C@H](O)c1nccn1[C@@H](/C=C/c1ccc(-c2ccc([Si]3CC(C)(O)C3)cc2F)cc1)CO. The molecule has 4 rings (SSSR count). The number of aromatic nitrogens is 2. The molecule has 0 bridgehead atoms. The van der Waals surface area contributed by atoms with Crippen molar-refractivity contribution in [2.75, 3.05) is 6.61 Å². The fraction of sp³-hybridized carbons (Fsp3) is 0.320. The first kappa shape index (κ1) is 22.6. The van der Waals surface area contributed by atoms with E-state index in [1.54, 1.807) is 30.0 Å². The van der Waals surface area contributed by atoms with E-state index in [2.05, 4.69) is 4.98 Å². The highest BCUT2D eigenvalue weighted by Crippen LogP contribution is 2.33. The predicted octanol–water partition coefficient (Wildman–Crippen LogP) is 3.46. The Morgan fingerprint density at radius 1 is 1.22 bits per heavy atom. The van der Waals surface area contributed by atoms with Gasteiger partial charge in [-0.2, -0.15) is 0 Å². The van der Waals surface area contributed by atoms with E-state index in [1.165, 1.54) is 0 Å². The zero-order valence-electron chi connectivity index (χ0n) is 18.2. The fourth-order valence-electron chi connectivity index (χ4n) is 4.21. The first-order chi connectivity index (χ1) is 15.3. The molecule has 0 unspecified atom stereocenters. The van der Waals surface area contributed by atoms with Crippen molar-refractivity contribution in [1.29, 1.82) is 0 Å². The van der Waals surface area contributed by atoms with Crippen molar-refractivity contribution in [3.05, 3.63) is 78.1 Å². The lowest BCUT2D eigenvalue weighted by molar-refractivity contribution is 0.0818. The minimum Gasteiger partial charge on any atom is -0.394 e. The summed E-state index contributed by atoms with van der Waals surface area (Å²) in [5.41, 5.74) is 1.70. The molecule has 2 atom stereocenters. The van der Waals surface area contributed by atoms with Crippen LogP contribution in [0.3, 0.4) is 0 Å². The minimum absolute atomic E-state index is 0.124. The Balaban J connectivity index is 1.48. The molecule has 3 aromatic rings. The van der Waals surface area contributed by atoms with E-state index in [-0.39, 0.29) is 18.5 Å². The first-order valence-corrected chi connectivity index (χ1v) is 12.7. The summed E-state index contributed by atoms with van der Waals surface area (Å²) in [4.78, 5) is 4.15. The van der Waals surface area contributed by atoms with Crippen LogP contribution >= 0.6 is 0 Å². The van der Waals surface area contributed by atoms with Gasteiger partial charge in [-0.05, 0) is 43.1 Å². The van der Waals surface area contributed by atoms with Gasteiger partial charge in [-0.25, -0.2) is 9.37 Å². The van der Waals surface area contributed by atoms with Gasteiger partial charge in [0.2, 0.25) is 0 Å². The van der Waals surface area contributed by atoms with Crippen molar-refractivity contribution < 1.29 is 19.7 Å². The second-order valence-corrected chi connectivity index (χ2v) is 11.2. The molecule has 1 saturated heterocycles. The molecule has 1 aromatic heterocycles. The Bertz CT molecular complexity index is 1100. The maximum absolute atomic E-state index is 14.8. The van der Waals surface area contributed by atoms with Crippen LogP contribution in [0.4, 0.5) is 4.39 Å². The number of hydrogen-bond donors (Lipinski definition) is 3. The van der Waals surface area contributed by atoms with E-state index in [1.807, 2.05) is 55.5 Å². The average molecular weight is 452 g/mol. The van der Waals surface area contributed by atoms with Gasteiger partial charge >= 0.3 is 0 Å². The number of benzene rings is 2. The maximum atomic E-state index is 14.8. The van der Waals surface area contributed by atoms with Gasteiger partial charge in [-0.1, -0.05) is 53.7 Å². The van der Waals surface area contributed by atoms with Crippen LogP contribution in [0, 0.1) is 5.82 Å². The van der Waals surface area contributed by atoms with Crippen LogP contribution in [0.1, 0.15) is 37.4 Å². The van der Waals surface area contributed by atoms with Crippen LogP contribution in [-0.4, -0.2) is 45.9 Å². The smallest absolute Gasteiger partial charge is 0.137 e. The molecule has 0 amide bonds. The molecule has 1 aliphatic rings. The third kappa shape index (κ3) is 4.76. The Morgan fingerprint density at radius 2 is 1.94 bits per heavy atom. The molecule has 1 fully saturated rings. The summed E-state index contributed by atoms with van der Waals surface area (Å²) in [6.45, 7) is 3.35. The Kier molecular flexibility index (Phi) is 6.44. The van der Waals surface area contributed by atoms with Gasteiger partial charge in [-0.15, -0.1) is 0 Å². The van der Waals surface area contributed by atoms with Crippen molar-refractivity contribution >= 4 is 20.1 Å². The predicted molar refractivity (Wildman–Crippen MR) is 125 cm³/mol. The quantitative estimate of drug-likeness (QED) is 0.481. The van der Waals surface area contributed by atoms with E-state index in [0.717, 1.165) is 28.4 Å². The molecule has 0 aliphatic carbocycles. The van der Waals surface area contributed by atoms with Crippen molar-refractivity contribution in [2.45, 2.75) is 43.7 Å². The molecule has 7 heteroatoms. The summed E-state index contributed by atoms with van der Waals surface area (Å²) in [6.07, 6.45) is 6.35. The topological polar surface area (TPSA) is 78.5 Å². The molecule has 167 valence electrons. The number of imidazole rings is 1. The highest BCUT2D eigenvalue weighted by Gasteiger charge is 2.40. The summed E-state index contributed by atoms with van der Waals surface area (Å²) in [6, 6.07) is 14.2. The lowest BCUT2D eigenvalue weighted by atomic mass is 10.0. The average Bonchev–Trinajstić information content (AvgIpc) is 3.23. The summed E-state index contributed by atoms with van der Waals surface area (Å²) >= 11 is 0. The van der Waals surface area contributed by atoms with Gasteiger partial charge in [0.1, 0.15) is 17.7 Å². The number of nitrogens with zero attached hydrogens (tertiary/aromatic N) is 2. The Morgan fingerprint density at radius 3 is 2.53 bits per heavy atom. The third-order valence-electron chi connectivity index (χ3n) is 5.91. The van der Waals surface area contributed by atoms with Crippen LogP contribution in [0.15, 0.2) is 60.9 Å². The van der Waals surface area contributed by atoms with Gasteiger partial charge < -0.3 is 19.9 Å². The number of halogens is 1. The molecule has 0 spiro atoms. The van der Waals surface area contributed by atoms with E-state index in [4.69, 9.17) is 0 Å². The molecule has 2 heterocycles. The normalized spacial score (nSPS) is 17.9. The van der Waals surface area contributed by atoms with Crippen LogP contribution < -0.4 is 5.19 Å². The number of aliphatic hydroxyl groups excluding tert-OH is 2. The lowest BCUT2D eigenvalue weighted by Crippen LogP contribution is -2.52. The zero-order valence-corrected chi connectivity index (χ0v) is 19.2. The lowest BCUT2D eigenvalue weighted by Gasteiger charge is -2.40. The van der Waals surface area contributed by atoms with E-state index in [0.29, 0.717) is 11.4 Å². The van der Waals surface area contributed by atoms with Gasteiger partial charge in [0.15, 0.2) is 0 Å². The Hall–Kier alpha value is -2.58. The molecule has 5 nitrogen and oxygen atoms in total. The van der Waals surface area contributed by atoms with Crippen molar-refractivity contribution in [2.24, 2.45) is 0 Å². The van der Waals surface area contributed by atoms with Crippen LogP contribution in [0.25, 0.3) is 17.2 Å². The molecule has 3 N–H and O–H groups in total. The standard InChI is InChI=1S/C25H28FN2O3Si/c1-17(30)24-27-11-12-28(24)20(14-29)8-5-18-3-6-19(7-4-18)22-10-9-21(13-23(22)26)32-15-25(2,31)16-32/h3-13,17,20,29-31H,14-16H2,1-2H3/b8-5+/t17-,20-/m0/s1. The fourth-order valence-corrected chi connectivity index (χ4v) is 7.00. The second-order valence-electron chi connectivity index (χ2n) is 8.75. The van der Waals surface area contributed by atoms with E-state index >= 15 is 0 Å². The van der Waals surface area contributed by atoms with E-state index in [9.17, 15) is 19.7 Å². The highest BCUT2D eigenvalue weighted by molar-refractivity contribution is 6.76. The molecule has 0 saturated carbocycles. The molecule has 2 aromatic carbocycles. The zero-order chi connectivity index (χ0) is 22.9. The maximum Gasteiger partial charge on any atom is 0.137 e. The van der Waals surface area contributed by atoms with Gasteiger partial charge in [0.25, 0.3) is 0 Å². The molecule has 1 radical (unpaired) electrons. The summed E-state index contributed by atoms with van der Waals surface area (Å²) in [5, 5.41) is 30.6. The molecular formula is C25H28FN2O3Si. The second kappa shape index (κ2) is 9.11. The van der Waals surface area contributed by atoms with Crippen molar-refractivity contribution in [3.8, 4) is 11.1 Å². The van der Waals surface area contributed by atoms with Crippen LogP contribution in [0.5, 0.6) is 0 Å². The first-order valence-electron chi connectivity index (χ1n) is 10.7. The van der Waals surface area contributed by atoms with Crippen molar-refractivity contribution in [1.82, 2.24) is 9.55 Å². The van der Waals surface area contributed by atoms with Gasteiger partial charge in [0, 0.05) is 18.0 Å². The summed E-state index contributed by atoms with van der Waals surface area (Å²) in [5.74, 6) is 0.261. The number of hydrogen-bond acceptors (Lipinski definition) is 4. The summed E-state index contributed by atoms with van der Waals surface area (Å²) in [7, 11) is -0.846. The van der Waals surface area contributed by atoms with E-state index < -0.39 is 20.5 Å². The van der Waals surface area contributed by atoms with Crippen LogP contribution in [-0.2, 0) is 0 Å². The van der Waals surface area contributed by atoms with Crippen molar-refractivity contribution in [3.63, 3.8) is 0 Å². The van der Waals surface area contributed by atoms with Crippen LogP contribution in [0.2, 0.25) is 12.1 Å². The number of aliphatic hydroxyl groups is 3.